The molecule has 1 heterocycles. The molecule has 0 atom stereocenters. The van der Waals surface area contributed by atoms with Crippen LogP contribution in [-0.2, 0) is 9.53 Å². The Hall–Kier alpha value is -0.610. The van der Waals surface area contributed by atoms with Gasteiger partial charge in [0.2, 0.25) is 5.91 Å². The summed E-state index contributed by atoms with van der Waals surface area (Å²) in [6.07, 6.45) is 9.38. The molecule has 22 heavy (non-hydrogen) atoms. The van der Waals surface area contributed by atoms with Crippen molar-refractivity contribution in [2.24, 2.45) is 17.1 Å². The van der Waals surface area contributed by atoms with Crippen LogP contribution in [0.3, 0.4) is 0 Å². The summed E-state index contributed by atoms with van der Waals surface area (Å²) >= 11 is 0. The zero-order valence-electron chi connectivity index (χ0n) is 14.5. The van der Waals surface area contributed by atoms with Crippen LogP contribution in [-0.4, -0.2) is 43.2 Å². The number of likely N-dealkylation sites (tertiary alicyclic amines) is 1. The molecule has 1 aliphatic carbocycles. The van der Waals surface area contributed by atoms with Crippen molar-refractivity contribution in [1.29, 1.82) is 0 Å². The summed E-state index contributed by atoms with van der Waals surface area (Å²) in [7, 11) is 0. The Bertz CT molecular complexity index is 333. The van der Waals surface area contributed by atoms with Crippen LogP contribution in [0.4, 0.5) is 0 Å². The number of rotatable bonds is 7. The van der Waals surface area contributed by atoms with E-state index >= 15 is 0 Å². The van der Waals surface area contributed by atoms with Crippen LogP contribution in [0, 0.1) is 11.3 Å². The van der Waals surface area contributed by atoms with E-state index in [-0.39, 0.29) is 11.3 Å². The third-order valence-electron chi connectivity index (χ3n) is 5.97. The summed E-state index contributed by atoms with van der Waals surface area (Å²) in [5, 5.41) is 0. The molecular formula is C18H34N2O2. The monoisotopic (exact) mass is 310 g/mol. The molecule has 0 spiro atoms. The minimum atomic E-state index is -0.350. The van der Waals surface area contributed by atoms with Gasteiger partial charge in [0.05, 0.1) is 11.5 Å². The average molecular weight is 310 g/mol. The van der Waals surface area contributed by atoms with E-state index in [0.717, 1.165) is 51.3 Å². The maximum absolute atomic E-state index is 12.8. The molecule has 1 saturated heterocycles. The topological polar surface area (TPSA) is 55.6 Å². The lowest BCUT2D eigenvalue weighted by Crippen LogP contribution is -2.51. The van der Waals surface area contributed by atoms with E-state index in [4.69, 9.17) is 10.5 Å². The number of piperidine rings is 1. The third kappa shape index (κ3) is 4.02. The molecule has 0 aromatic rings. The molecule has 0 unspecified atom stereocenters. The van der Waals surface area contributed by atoms with Crippen LogP contribution in [0.15, 0.2) is 0 Å². The number of hydrogen-bond donors (Lipinski definition) is 1. The smallest absolute Gasteiger partial charge is 0.230 e. The van der Waals surface area contributed by atoms with Gasteiger partial charge in [0.15, 0.2) is 0 Å². The third-order valence-corrected chi connectivity index (χ3v) is 5.97. The molecule has 128 valence electrons. The molecule has 0 radical (unpaired) electrons. The van der Waals surface area contributed by atoms with Crippen molar-refractivity contribution >= 4 is 5.91 Å². The highest BCUT2D eigenvalue weighted by molar-refractivity contribution is 5.83. The van der Waals surface area contributed by atoms with Gasteiger partial charge >= 0.3 is 0 Å². The molecule has 2 fully saturated rings. The second-order valence-corrected chi connectivity index (χ2v) is 7.17. The lowest BCUT2D eigenvalue weighted by molar-refractivity contribution is -0.145. The molecule has 1 amide bonds. The van der Waals surface area contributed by atoms with Crippen molar-refractivity contribution in [2.75, 3.05) is 26.2 Å². The van der Waals surface area contributed by atoms with Crippen LogP contribution in [0.5, 0.6) is 0 Å². The SMILES string of the molecule is CCC(CC)(CN)C(=O)N1CCC(OCC2CCCC2)CC1. The Kier molecular flexibility index (Phi) is 6.69. The van der Waals surface area contributed by atoms with E-state index in [1.165, 1.54) is 25.7 Å². The minimum Gasteiger partial charge on any atom is -0.378 e. The number of amides is 1. The summed E-state index contributed by atoms with van der Waals surface area (Å²) < 4.78 is 6.10. The Morgan fingerprint density at radius 1 is 1.14 bits per heavy atom. The van der Waals surface area contributed by atoms with Gasteiger partial charge in [0.25, 0.3) is 0 Å². The van der Waals surface area contributed by atoms with E-state index < -0.39 is 0 Å². The lowest BCUT2D eigenvalue weighted by atomic mass is 9.80. The van der Waals surface area contributed by atoms with Gasteiger partial charge in [-0.2, -0.15) is 0 Å². The summed E-state index contributed by atoms with van der Waals surface area (Å²) in [6.45, 7) is 7.19. The first-order chi connectivity index (χ1) is 10.6. The lowest BCUT2D eigenvalue weighted by Gasteiger charge is -2.39. The van der Waals surface area contributed by atoms with E-state index in [9.17, 15) is 4.79 Å². The van der Waals surface area contributed by atoms with Crippen molar-refractivity contribution in [1.82, 2.24) is 4.90 Å². The van der Waals surface area contributed by atoms with Crippen LogP contribution >= 0.6 is 0 Å². The van der Waals surface area contributed by atoms with Crippen LogP contribution in [0.1, 0.15) is 65.2 Å². The first kappa shape index (κ1) is 17.7. The van der Waals surface area contributed by atoms with Gasteiger partial charge in [-0.05, 0) is 44.4 Å². The van der Waals surface area contributed by atoms with Crippen LogP contribution in [0.2, 0.25) is 0 Å². The predicted molar refractivity (Wildman–Crippen MR) is 89.6 cm³/mol. The predicted octanol–water partition coefficient (Wildman–Crippen LogP) is 2.95. The van der Waals surface area contributed by atoms with Crippen molar-refractivity contribution in [2.45, 2.75) is 71.3 Å². The fourth-order valence-electron chi connectivity index (χ4n) is 3.94. The van der Waals surface area contributed by atoms with Crippen molar-refractivity contribution in [3.05, 3.63) is 0 Å². The zero-order valence-corrected chi connectivity index (χ0v) is 14.5. The summed E-state index contributed by atoms with van der Waals surface area (Å²) in [6, 6.07) is 0. The second kappa shape index (κ2) is 8.30. The second-order valence-electron chi connectivity index (χ2n) is 7.17. The van der Waals surface area contributed by atoms with Gasteiger partial charge in [-0.15, -0.1) is 0 Å². The fourth-order valence-corrected chi connectivity index (χ4v) is 3.94. The maximum Gasteiger partial charge on any atom is 0.230 e. The number of carbonyl (C=O) groups is 1. The highest BCUT2D eigenvalue weighted by Crippen LogP contribution is 2.30. The van der Waals surface area contributed by atoms with Crippen LogP contribution in [0.25, 0.3) is 0 Å². The van der Waals surface area contributed by atoms with E-state index in [2.05, 4.69) is 13.8 Å². The Labute approximate surface area is 135 Å². The van der Waals surface area contributed by atoms with Crippen molar-refractivity contribution in [3.8, 4) is 0 Å². The molecule has 0 aromatic heterocycles. The molecule has 0 aromatic carbocycles. The Morgan fingerprint density at radius 3 is 2.23 bits per heavy atom. The molecule has 2 N–H and O–H groups in total. The van der Waals surface area contributed by atoms with Gasteiger partial charge in [-0.25, -0.2) is 0 Å². The maximum atomic E-state index is 12.8. The van der Waals surface area contributed by atoms with Crippen molar-refractivity contribution < 1.29 is 9.53 Å². The fraction of sp³-hybridized carbons (Fsp3) is 0.944. The van der Waals surface area contributed by atoms with E-state index in [0.29, 0.717) is 12.6 Å². The number of hydrogen-bond acceptors (Lipinski definition) is 3. The van der Waals surface area contributed by atoms with E-state index in [1.807, 2.05) is 4.90 Å². The van der Waals surface area contributed by atoms with E-state index in [1.54, 1.807) is 0 Å². The van der Waals surface area contributed by atoms with Crippen LogP contribution < -0.4 is 5.73 Å². The van der Waals surface area contributed by atoms with Gasteiger partial charge in [0, 0.05) is 26.2 Å². The summed E-state index contributed by atoms with van der Waals surface area (Å²) in [5.41, 5.74) is 5.56. The van der Waals surface area contributed by atoms with Gasteiger partial charge < -0.3 is 15.4 Å². The van der Waals surface area contributed by atoms with Gasteiger partial charge in [-0.1, -0.05) is 26.7 Å². The zero-order chi connectivity index (χ0) is 16.0. The molecule has 4 heteroatoms. The molecular weight excluding hydrogens is 276 g/mol. The van der Waals surface area contributed by atoms with Crippen molar-refractivity contribution in [3.63, 3.8) is 0 Å². The largest absolute Gasteiger partial charge is 0.378 e. The normalized spacial score (nSPS) is 21.5. The highest BCUT2D eigenvalue weighted by Gasteiger charge is 2.38. The molecule has 0 bridgehead atoms. The molecule has 1 saturated carbocycles. The summed E-state index contributed by atoms with van der Waals surface area (Å²) in [4.78, 5) is 14.8. The first-order valence-electron chi connectivity index (χ1n) is 9.26. The molecule has 4 nitrogen and oxygen atoms in total. The van der Waals surface area contributed by atoms with Gasteiger partial charge in [0.1, 0.15) is 0 Å². The number of nitrogens with zero attached hydrogens (tertiary/aromatic N) is 1. The average Bonchev–Trinajstić information content (AvgIpc) is 3.09. The summed E-state index contributed by atoms with van der Waals surface area (Å²) in [5.74, 6) is 1.04. The minimum absolute atomic E-state index is 0.259. The Balaban J connectivity index is 1.77. The molecule has 2 aliphatic rings. The molecule has 2 rings (SSSR count). The van der Waals surface area contributed by atoms with Gasteiger partial charge in [-0.3, -0.25) is 4.79 Å². The highest BCUT2D eigenvalue weighted by atomic mass is 16.5. The molecule has 1 aliphatic heterocycles. The Morgan fingerprint density at radius 2 is 1.73 bits per heavy atom. The number of carbonyl (C=O) groups excluding carboxylic acids is 1. The first-order valence-corrected chi connectivity index (χ1v) is 9.26. The standard InChI is InChI=1S/C18H34N2O2/c1-3-18(4-2,14-19)17(21)20-11-9-16(10-12-20)22-13-15-7-5-6-8-15/h15-16H,3-14,19H2,1-2H3. The number of nitrogens with two attached hydrogens (primary N) is 1. The number of ether oxygens (including phenoxy) is 1. The quantitative estimate of drug-likeness (QED) is 0.786.